The van der Waals surface area contributed by atoms with E-state index in [1.807, 2.05) is 24.3 Å². The number of carbonyl (C=O) groups is 1. The Bertz CT molecular complexity index is 536. The van der Waals surface area contributed by atoms with Gasteiger partial charge in [0.25, 0.3) is 0 Å². The Kier molecular flexibility index (Phi) is 3.39. The van der Waals surface area contributed by atoms with Crippen molar-refractivity contribution >= 4 is 23.4 Å². The Morgan fingerprint density at radius 2 is 2.24 bits per heavy atom. The predicted octanol–water partition coefficient (Wildman–Crippen LogP) is 2.85. The van der Waals surface area contributed by atoms with Crippen molar-refractivity contribution in [2.45, 2.75) is 10.6 Å². The number of rotatable bonds is 4. The quantitative estimate of drug-likeness (QED) is 0.643. The Morgan fingerprint density at radius 1 is 1.41 bits per heavy atom. The maximum Gasteiger partial charge on any atom is 0.372 e. The van der Waals surface area contributed by atoms with E-state index in [0.717, 1.165) is 4.90 Å². The van der Waals surface area contributed by atoms with E-state index in [2.05, 4.69) is 0 Å². The number of anilines is 1. The van der Waals surface area contributed by atoms with E-state index in [-0.39, 0.29) is 5.76 Å². The molecule has 0 saturated carbocycles. The minimum absolute atomic E-state index is 0.00130. The van der Waals surface area contributed by atoms with Gasteiger partial charge in [0.05, 0.1) is 6.26 Å². The lowest BCUT2D eigenvalue weighted by Crippen LogP contribution is -1.97. The third kappa shape index (κ3) is 2.82. The molecule has 0 amide bonds. The van der Waals surface area contributed by atoms with Crippen LogP contribution in [-0.2, 0) is 5.75 Å². The minimum Gasteiger partial charge on any atom is -0.475 e. The predicted molar refractivity (Wildman–Crippen MR) is 66.1 cm³/mol. The maximum absolute atomic E-state index is 10.8. The Hall–Kier alpha value is -1.88. The van der Waals surface area contributed by atoms with Crippen LogP contribution < -0.4 is 5.73 Å². The number of carboxylic acids is 1. The van der Waals surface area contributed by atoms with Crippen LogP contribution in [0.2, 0.25) is 0 Å². The molecule has 2 rings (SSSR count). The van der Waals surface area contributed by atoms with Gasteiger partial charge in [-0.3, -0.25) is 0 Å². The molecule has 0 fully saturated rings. The highest BCUT2D eigenvalue weighted by Gasteiger charge is 2.13. The van der Waals surface area contributed by atoms with Gasteiger partial charge in [0.2, 0.25) is 5.76 Å². The average Bonchev–Trinajstić information content (AvgIpc) is 2.74. The molecule has 2 aromatic rings. The van der Waals surface area contributed by atoms with Crippen molar-refractivity contribution in [3.63, 3.8) is 0 Å². The summed E-state index contributed by atoms with van der Waals surface area (Å²) in [6, 6.07) is 9.13. The molecule has 17 heavy (non-hydrogen) atoms. The molecule has 1 aromatic heterocycles. The highest BCUT2D eigenvalue weighted by Crippen LogP contribution is 2.26. The van der Waals surface area contributed by atoms with Crippen LogP contribution in [0.25, 0.3) is 0 Å². The molecule has 3 N–H and O–H groups in total. The van der Waals surface area contributed by atoms with Crippen LogP contribution in [0.4, 0.5) is 5.69 Å². The summed E-state index contributed by atoms with van der Waals surface area (Å²) in [5.74, 6) is -0.499. The van der Waals surface area contributed by atoms with E-state index in [4.69, 9.17) is 15.3 Å². The molecule has 0 aliphatic carbocycles. The number of aromatic carboxylic acids is 1. The van der Waals surface area contributed by atoms with Gasteiger partial charge in [-0.15, -0.1) is 11.8 Å². The molecular weight excluding hydrogens is 238 g/mol. The first-order valence-electron chi connectivity index (χ1n) is 4.95. The van der Waals surface area contributed by atoms with Gasteiger partial charge in [0.1, 0.15) is 0 Å². The number of nitrogen functional groups attached to an aromatic ring is 1. The van der Waals surface area contributed by atoms with Crippen LogP contribution >= 0.6 is 11.8 Å². The number of thioether (sulfide) groups is 1. The van der Waals surface area contributed by atoms with Crippen molar-refractivity contribution < 1.29 is 14.3 Å². The first-order chi connectivity index (χ1) is 8.16. The zero-order valence-corrected chi connectivity index (χ0v) is 9.74. The molecule has 88 valence electrons. The fourth-order valence-corrected chi connectivity index (χ4v) is 2.35. The van der Waals surface area contributed by atoms with Gasteiger partial charge >= 0.3 is 5.97 Å². The summed E-state index contributed by atoms with van der Waals surface area (Å²) < 4.78 is 4.90. The highest BCUT2D eigenvalue weighted by molar-refractivity contribution is 7.98. The van der Waals surface area contributed by atoms with Crippen LogP contribution in [0.5, 0.6) is 0 Å². The van der Waals surface area contributed by atoms with Gasteiger partial charge in [0.15, 0.2) is 0 Å². The average molecular weight is 249 g/mol. The van der Waals surface area contributed by atoms with Crippen molar-refractivity contribution in [1.29, 1.82) is 0 Å². The third-order valence-corrected chi connectivity index (χ3v) is 3.24. The first kappa shape index (κ1) is 11.6. The number of nitrogens with two attached hydrogens (primary N) is 1. The normalized spacial score (nSPS) is 10.4. The lowest BCUT2D eigenvalue weighted by molar-refractivity contribution is 0.0661. The highest BCUT2D eigenvalue weighted by atomic mass is 32.2. The SMILES string of the molecule is Nc1cccc(SCc2ccoc2C(=O)O)c1. The molecule has 0 spiro atoms. The van der Waals surface area contributed by atoms with E-state index in [9.17, 15) is 4.79 Å². The second-order valence-electron chi connectivity index (χ2n) is 3.44. The number of carboxylic acid groups (broad SMARTS) is 1. The lowest BCUT2D eigenvalue weighted by atomic mass is 10.3. The summed E-state index contributed by atoms with van der Waals surface area (Å²) in [4.78, 5) is 11.8. The van der Waals surface area contributed by atoms with Crippen molar-refractivity contribution in [2.75, 3.05) is 5.73 Å². The summed E-state index contributed by atoms with van der Waals surface area (Å²) in [7, 11) is 0. The second-order valence-corrected chi connectivity index (χ2v) is 4.49. The van der Waals surface area contributed by atoms with Gasteiger partial charge in [-0.1, -0.05) is 6.07 Å². The molecule has 0 bridgehead atoms. The fourth-order valence-electron chi connectivity index (χ4n) is 1.40. The Labute approximate surface area is 102 Å². The molecule has 0 unspecified atom stereocenters. The van der Waals surface area contributed by atoms with Crippen molar-refractivity contribution in [3.05, 3.63) is 47.9 Å². The van der Waals surface area contributed by atoms with Crippen molar-refractivity contribution in [3.8, 4) is 0 Å². The second kappa shape index (κ2) is 4.97. The number of furan rings is 1. The first-order valence-corrected chi connectivity index (χ1v) is 5.93. The summed E-state index contributed by atoms with van der Waals surface area (Å²) in [5, 5.41) is 8.87. The fraction of sp³-hybridized carbons (Fsp3) is 0.0833. The van der Waals surface area contributed by atoms with Crippen LogP contribution in [0, 0.1) is 0 Å². The van der Waals surface area contributed by atoms with Crippen LogP contribution in [0.15, 0.2) is 45.9 Å². The monoisotopic (exact) mass is 249 g/mol. The molecule has 0 aliphatic rings. The van der Waals surface area contributed by atoms with E-state index >= 15 is 0 Å². The molecule has 0 saturated heterocycles. The zero-order valence-electron chi connectivity index (χ0n) is 8.92. The van der Waals surface area contributed by atoms with Gasteiger partial charge < -0.3 is 15.3 Å². The molecule has 5 heteroatoms. The molecule has 0 radical (unpaired) electrons. The molecule has 4 nitrogen and oxygen atoms in total. The molecule has 1 heterocycles. The largest absolute Gasteiger partial charge is 0.475 e. The van der Waals surface area contributed by atoms with E-state index < -0.39 is 5.97 Å². The minimum atomic E-state index is -1.04. The summed E-state index contributed by atoms with van der Waals surface area (Å²) in [6.07, 6.45) is 1.39. The van der Waals surface area contributed by atoms with Gasteiger partial charge in [-0.25, -0.2) is 4.79 Å². The molecular formula is C12H11NO3S. The van der Waals surface area contributed by atoms with Crippen LogP contribution in [-0.4, -0.2) is 11.1 Å². The zero-order chi connectivity index (χ0) is 12.3. The maximum atomic E-state index is 10.8. The van der Waals surface area contributed by atoms with E-state index in [1.54, 1.807) is 6.07 Å². The van der Waals surface area contributed by atoms with Crippen LogP contribution in [0.1, 0.15) is 16.1 Å². The van der Waals surface area contributed by atoms with E-state index in [1.165, 1.54) is 18.0 Å². The topological polar surface area (TPSA) is 76.5 Å². The van der Waals surface area contributed by atoms with Crippen molar-refractivity contribution in [1.82, 2.24) is 0 Å². The molecule has 1 aromatic carbocycles. The Balaban J connectivity index is 2.07. The summed E-state index contributed by atoms with van der Waals surface area (Å²) >= 11 is 1.52. The number of hydrogen-bond acceptors (Lipinski definition) is 4. The van der Waals surface area contributed by atoms with Crippen molar-refractivity contribution in [2.24, 2.45) is 0 Å². The molecule has 0 aliphatic heterocycles. The Morgan fingerprint density at radius 3 is 2.94 bits per heavy atom. The van der Waals surface area contributed by atoms with E-state index in [0.29, 0.717) is 17.0 Å². The molecule has 0 atom stereocenters. The standard InChI is InChI=1S/C12H11NO3S/c13-9-2-1-3-10(6-9)17-7-8-4-5-16-11(8)12(14)15/h1-6H,7,13H2,(H,14,15). The smallest absolute Gasteiger partial charge is 0.372 e. The number of hydrogen-bond donors (Lipinski definition) is 2. The van der Waals surface area contributed by atoms with Crippen LogP contribution in [0.3, 0.4) is 0 Å². The van der Waals surface area contributed by atoms with Gasteiger partial charge in [0, 0.05) is 21.9 Å². The lowest BCUT2D eigenvalue weighted by Gasteiger charge is -2.01. The van der Waals surface area contributed by atoms with Gasteiger partial charge in [-0.2, -0.15) is 0 Å². The number of benzene rings is 1. The third-order valence-electron chi connectivity index (χ3n) is 2.19. The summed E-state index contributed by atoms with van der Waals surface area (Å²) in [6.45, 7) is 0. The van der Waals surface area contributed by atoms with Gasteiger partial charge in [-0.05, 0) is 24.3 Å². The summed E-state index contributed by atoms with van der Waals surface area (Å²) in [5.41, 5.74) is 7.03.